The monoisotopic (exact) mass is 325 g/mol. The standard InChI is InChI=1S/C16H24BrNO/c1-2-11-18-16(13-5-6-13)4-3-12-19-15-9-7-14(17)8-10-15/h7-10,13,16,18H,2-6,11-12H2,1H3. The zero-order chi connectivity index (χ0) is 13.5. The fraction of sp³-hybridized carbons (Fsp3) is 0.625. The lowest BCUT2D eigenvalue weighted by Gasteiger charge is -2.17. The number of rotatable bonds is 9. The Balaban J connectivity index is 1.63. The van der Waals surface area contributed by atoms with Crippen molar-refractivity contribution in [2.45, 2.75) is 45.1 Å². The molecule has 1 N–H and O–H groups in total. The zero-order valence-electron chi connectivity index (χ0n) is 11.7. The molecule has 1 fully saturated rings. The fourth-order valence-electron chi connectivity index (χ4n) is 2.36. The van der Waals surface area contributed by atoms with Crippen LogP contribution in [-0.2, 0) is 0 Å². The minimum atomic E-state index is 0.716. The summed E-state index contributed by atoms with van der Waals surface area (Å²) in [5.41, 5.74) is 0. The Labute approximate surface area is 125 Å². The van der Waals surface area contributed by atoms with E-state index in [0.717, 1.165) is 35.7 Å². The molecule has 1 aliphatic carbocycles. The van der Waals surface area contributed by atoms with Gasteiger partial charge in [-0.15, -0.1) is 0 Å². The summed E-state index contributed by atoms with van der Waals surface area (Å²) in [6.07, 6.45) is 6.41. The Morgan fingerprint density at radius 3 is 2.68 bits per heavy atom. The highest BCUT2D eigenvalue weighted by Gasteiger charge is 2.29. The molecule has 0 radical (unpaired) electrons. The lowest BCUT2D eigenvalue weighted by atomic mass is 10.1. The van der Waals surface area contributed by atoms with Crippen molar-refractivity contribution < 1.29 is 4.74 Å². The van der Waals surface area contributed by atoms with Gasteiger partial charge in [0.15, 0.2) is 0 Å². The summed E-state index contributed by atoms with van der Waals surface area (Å²) in [5.74, 6) is 1.90. The van der Waals surface area contributed by atoms with Crippen molar-refractivity contribution in [2.24, 2.45) is 5.92 Å². The van der Waals surface area contributed by atoms with Crippen LogP contribution in [0.25, 0.3) is 0 Å². The van der Waals surface area contributed by atoms with Gasteiger partial charge in [-0.05, 0) is 68.8 Å². The zero-order valence-corrected chi connectivity index (χ0v) is 13.3. The molecule has 1 aromatic carbocycles. The summed E-state index contributed by atoms with van der Waals surface area (Å²) in [4.78, 5) is 0. The van der Waals surface area contributed by atoms with Gasteiger partial charge in [-0.2, -0.15) is 0 Å². The van der Waals surface area contributed by atoms with Crippen molar-refractivity contribution in [3.05, 3.63) is 28.7 Å². The van der Waals surface area contributed by atoms with Crippen molar-refractivity contribution in [1.29, 1.82) is 0 Å². The third-order valence-electron chi connectivity index (χ3n) is 3.59. The lowest BCUT2D eigenvalue weighted by molar-refractivity contribution is 0.290. The maximum Gasteiger partial charge on any atom is 0.119 e. The van der Waals surface area contributed by atoms with Gasteiger partial charge in [-0.25, -0.2) is 0 Å². The molecule has 0 amide bonds. The molecule has 1 unspecified atom stereocenters. The summed E-state index contributed by atoms with van der Waals surface area (Å²) in [7, 11) is 0. The van der Waals surface area contributed by atoms with E-state index in [1.165, 1.54) is 25.7 Å². The van der Waals surface area contributed by atoms with Gasteiger partial charge in [0.25, 0.3) is 0 Å². The summed E-state index contributed by atoms with van der Waals surface area (Å²) >= 11 is 3.43. The second kappa shape index (κ2) is 7.91. The molecular formula is C16H24BrNO. The van der Waals surface area contributed by atoms with E-state index in [4.69, 9.17) is 4.74 Å². The second-order valence-corrected chi connectivity index (χ2v) is 6.26. The highest BCUT2D eigenvalue weighted by molar-refractivity contribution is 9.10. The second-order valence-electron chi connectivity index (χ2n) is 5.34. The van der Waals surface area contributed by atoms with Gasteiger partial charge in [-0.3, -0.25) is 0 Å². The Morgan fingerprint density at radius 2 is 2.05 bits per heavy atom. The van der Waals surface area contributed by atoms with Crippen LogP contribution >= 0.6 is 15.9 Å². The topological polar surface area (TPSA) is 21.3 Å². The molecule has 1 saturated carbocycles. The maximum absolute atomic E-state index is 5.77. The van der Waals surface area contributed by atoms with Crippen LogP contribution in [-0.4, -0.2) is 19.2 Å². The van der Waals surface area contributed by atoms with Gasteiger partial charge >= 0.3 is 0 Å². The van der Waals surface area contributed by atoms with Crippen LogP contribution in [0, 0.1) is 5.92 Å². The molecule has 1 aromatic rings. The van der Waals surface area contributed by atoms with Gasteiger partial charge in [0.1, 0.15) is 5.75 Å². The third kappa shape index (κ3) is 5.53. The summed E-state index contributed by atoms with van der Waals surface area (Å²) in [5, 5.41) is 3.68. The van der Waals surface area contributed by atoms with E-state index in [-0.39, 0.29) is 0 Å². The first-order valence-electron chi connectivity index (χ1n) is 7.41. The SMILES string of the molecule is CCCNC(CCCOc1ccc(Br)cc1)C1CC1. The van der Waals surface area contributed by atoms with E-state index in [1.807, 2.05) is 24.3 Å². The van der Waals surface area contributed by atoms with Crippen LogP contribution < -0.4 is 10.1 Å². The molecule has 19 heavy (non-hydrogen) atoms. The van der Waals surface area contributed by atoms with Gasteiger partial charge in [0.2, 0.25) is 0 Å². The maximum atomic E-state index is 5.77. The number of hydrogen-bond donors (Lipinski definition) is 1. The van der Waals surface area contributed by atoms with Gasteiger partial charge in [0, 0.05) is 10.5 Å². The molecule has 0 spiro atoms. The molecule has 1 aliphatic rings. The first-order chi connectivity index (χ1) is 9.29. The van der Waals surface area contributed by atoms with Crippen molar-refractivity contribution in [3.8, 4) is 5.75 Å². The van der Waals surface area contributed by atoms with Crippen LogP contribution in [0.5, 0.6) is 5.75 Å². The summed E-state index contributed by atoms with van der Waals surface area (Å²) in [6.45, 7) is 4.20. The quantitative estimate of drug-likeness (QED) is 0.680. The van der Waals surface area contributed by atoms with Crippen molar-refractivity contribution in [3.63, 3.8) is 0 Å². The summed E-state index contributed by atoms with van der Waals surface area (Å²) in [6, 6.07) is 8.78. The molecule has 0 saturated heterocycles. The van der Waals surface area contributed by atoms with Crippen LogP contribution in [0.1, 0.15) is 39.0 Å². The number of hydrogen-bond acceptors (Lipinski definition) is 2. The molecule has 0 bridgehead atoms. The third-order valence-corrected chi connectivity index (χ3v) is 4.12. The molecule has 1 atom stereocenters. The molecule has 0 heterocycles. The molecule has 2 rings (SSSR count). The minimum absolute atomic E-state index is 0.716. The van der Waals surface area contributed by atoms with Crippen LogP contribution in [0.2, 0.25) is 0 Å². The number of ether oxygens (including phenoxy) is 1. The number of benzene rings is 1. The van der Waals surface area contributed by atoms with Crippen LogP contribution in [0.15, 0.2) is 28.7 Å². The largest absolute Gasteiger partial charge is 0.494 e. The average Bonchev–Trinajstić information content (AvgIpc) is 3.24. The van der Waals surface area contributed by atoms with Gasteiger partial charge in [0.05, 0.1) is 6.61 Å². The fourth-order valence-corrected chi connectivity index (χ4v) is 2.62. The van der Waals surface area contributed by atoms with Gasteiger partial charge in [-0.1, -0.05) is 22.9 Å². The van der Waals surface area contributed by atoms with E-state index in [0.29, 0.717) is 6.04 Å². The Bertz CT molecular complexity index is 362. The first kappa shape index (κ1) is 14.9. The molecule has 0 aromatic heterocycles. The Morgan fingerprint density at radius 1 is 1.32 bits per heavy atom. The van der Waals surface area contributed by atoms with Crippen LogP contribution in [0.4, 0.5) is 0 Å². The predicted molar refractivity (Wildman–Crippen MR) is 83.7 cm³/mol. The normalized spacial score (nSPS) is 16.3. The number of halogens is 1. The van der Waals surface area contributed by atoms with E-state index in [1.54, 1.807) is 0 Å². The van der Waals surface area contributed by atoms with Crippen molar-refractivity contribution >= 4 is 15.9 Å². The number of nitrogens with one attached hydrogen (secondary N) is 1. The predicted octanol–water partition coefficient (Wildman–Crippen LogP) is 4.39. The highest BCUT2D eigenvalue weighted by Crippen LogP contribution is 2.34. The van der Waals surface area contributed by atoms with E-state index >= 15 is 0 Å². The van der Waals surface area contributed by atoms with E-state index in [9.17, 15) is 0 Å². The molecular weight excluding hydrogens is 302 g/mol. The van der Waals surface area contributed by atoms with E-state index in [2.05, 4.69) is 28.2 Å². The molecule has 3 heteroatoms. The van der Waals surface area contributed by atoms with Crippen molar-refractivity contribution in [1.82, 2.24) is 5.32 Å². The van der Waals surface area contributed by atoms with Gasteiger partial charge < -0.3 is 10.1 Å². The van der Waals surface area contributed by atoms with E-state index < -0.39 is 0 Å². The average molecular weight is 326 g/mol. The van der Waals surface area contributed by atoms with Crippen molar-refractivity contribution in [2.75, 3.05) is 13.2 Å². The molecule has 0 aliphatic heterocycles. The smallest absolute Gasteiger partial charge is 0.119 e. The summed E-state index contributed by atoms with van der Waals surface area (Å²) < 4.78 is 6.86. The highest BCUT2D eigenvalue weighted by atomic mass is 79.9. The Hall–Kier alpha value is -0.540. The van der Waals surface area contributed by atoms with Crippen LogP contribution in [0.3, 0.4) is 0 Å². The lowest BCUT2D eigenvalue weighted by Crippen LogP contribution is -2.32. The minimum Gasteiger partial charge on any atom is -0.494 e. The Kier molecular flexibility index (Phi) is 6.18. The first-order valence-corrected chi connectivity index (χ1v) is 8.20. The molecule has 2 nitrogen and oxygen atoms in total. The molecule has 106 valence electrons.